The number of para-hydroxylation sites is 1. The first-order valence-corrected chi connectivity index (χ1v) is 5.72. The summed E-state index contributed by atoms with van der Waals surface area (Å²) in [4.78, 5) is 13.7. The number of anilines is 1. The molecule has 1 amide bonds. The summed E-state index contributed by atoms with van der Waals surface area (Å²) in [5.41, 5.74) is 6.31. The Morgan fingerprint density at radius 3 is 2.47 bits per heavy atom. The van der Waals surface area contributed by atoms with E-state index in [4.69, 9.17) is 5.73 Å². The Balaban J connectivity index is 2.51. The number of benzene rings is 1. The second-order valence-electron chi connectivity index (χ2n) is 4.79. The van der Waals surface area contributed by atoms with Crippen molar-refractivity contribution in [2.75, 3.05) is 25.5 Å². The van der Waals surface area contributed by atoms with Crippen LogP contribution in [0.25, 0.3) is 0 Å². The summed E-state index contributed by atoms with van der Waals surface area (Å²) in [6.07, 6.45) is 0. The van der Waals surface area contributed by atoms with Crippen LogP contribution in [0.15, 0.2) is 30.3 Å². The van der Waals surface area contributed by atoms with Gasteiger partial charge in [-0.1, -0.05) is 18.2 Å². The van der Waals surface area contributed by atoms with Crippen LogP contribution in [0, 0.1) is 0 Å². The van der Waals surface area contributed by atoms with E-state index in [1.807, 2.05) is 56.1 Å². The highest BCUT2D eigenvalue weighted by atomic mass is 16.2. The minimum atomic E-state index is -0.173. The Hall–Kier alpha value is -1.39. The maximum atomic E-state index is 11.8. The number of hydrogen-bond acceptors (Lipinski definition) is 3. The van der Waals surface area contributed by atoms with Gasteiger partial charge in [0.2, 0.25) is 5.91 Å². The number of nitrogens with one attached hydrogen (secondary N) is 1. The molecule has 0 fully saturated rings. The first kappa shape index (κ1) is 13.7. The lowest BCUT2D eigenvalue weighted by atomic mass is 10.0. The highest BCUT2D eigenvalue weighted by Crippen LogP contribution is 2.10. The molecule has 94 valence electrons. The largest absolute Gasteiger partial charge is 0.329 e. The quantitative estimate of drug-likeness (QED) is 0.808. The van der Waals surface area contributed by atoms with E-state index in [1.54, 1.807) is 0 Å². The second kappa shape index (κ2) is 5.80. The van der Waals surface area contributed by atoms with Gasteiger partial charge in [-0.2, -0.15) is 0 Å². The van der Waals surface area contributed by atoms with Gasteiger partial charge in [0.15, 0.2) is 0 Å². The third-order valence-corrected chi connectivity index (χ3v) is 2.97. The molecule has 0 aliphatic rings. The number of carbonyl (C=O) groups is 1. The molecule has 0 saturated heterocycles. The third kappa shape index (κ3) is 4.17. The molecule has 0 bridgehead atoms. The minimum Gasteiger partial charge on any atom is -0.329 e. The zero-order valence-electron chi connectivity index (χ0n) is 10.7. The molecule has 0 aromatic heterocycles. The normalized spacial score (nSPS) is 11.6. The van der Waals surface area contributed by atoms with Crippen molar-refractivity contribution in [2.45, 2.75) is 19.4 Å². The number of rotatable bonds is 5. The average Bonchev–Trinajstić information content (AvgIpc) is 2.30. The molecular formula is C13H21N3O. The van der Waals surface area contributed by atoms with Crippen molar-refractivity contribution in [1.29, 1.82) is 0 Å². The monoisotopic (exact) mass is 235 g/mol. The number of nitrogens with zero attached hydrogens (tertiary/aromatic N) is 1. The molecule has 0 spiro atoms. The van der Waals surface area contributed by atoms with Crippen LogP contribution in [0.5, 0.6) is 0 Å². The predicted molar refractivity (Wildman–Crippen MR) is 70.8 cm³/mol. The van der Waals surface area contributed by atoms with Crippen LogP contribution in [-0.4, -0.2) is 36.5 Å². The predicted octanol–water partition coefficient (Wildman–Crippen LogP) is 1.29. The van der Waals surface area contributed by atoms with Gasteiger partial charge in [-0.15, -0.1) is 0 Å². The fourth-order valence-electron chi connectivity index (χ4n) is 1.31. The number of likely N-dealkylation sites (N-methyl/N-ethyl adjacent to an activating group) is 1. The van der Waals surface area contributed by atoms with E-state index in [-0.39, 0.29) is 11.4 Å². The highest BCUT2D eigenvalue weighted by Gasteiger charge is 2.23. The fourth-order valence-corrected chi connectivity index (χ4v) is 1.31. The van der Waals surface area contributed by atoms with Crippen LogP contribution in [-0.2, 0) is 4.79 Å². The van der Waals surface area contributed by atoms with Crippen molar-refractivity contribution in [1.82, 2.24) is 4.90 Å². The second-order valence-corrected chi connectivity index (χ2v) is 4.79. The van der Waals surface area contributed by atoms with Crippen LogP contribution in [0.2, 0.25) is 0 Å². The lowest BCUT2D eigenvalue weighted by molar-refractivity contribution is -0.118. The van der Waals surface area contributed by atoms with Crippen molar-refractivity contribution in [3.63, 3.8) is 0 Å². The van der Waals surface area contributed by atoms with E-state index in [1.165, 1.54) is 0 Å². The molecule has 0 atom stereocenters. The number of hydrogen-bond donors (Lipinski definition) is 2. The van der Waals surface area contributed by atoms with Gasteiger partial charge in [-0.3, -0.25) is 9.69 Å². The van der Waals surface area contributed by atoms with E-state index in [0.717, 1.165) is 5.69 Å². The summed E-state index contributed by atoms with van der Waals surface area (Å²) >= 11 is 0. The highest BCUT2D eigenvalue weighted by molar-refractivity contribution is 5.92. The molecule has 3 N–H and O–H groups in total. The number of amides is 1. The van der Waals surface area contributed by atoms with Crippen LogP contribution >= 0.6 is 0 Å². The lowest BCUT2D eigenvalue weighted by Gasteiger charge is -2.33. The average molecular weight is 235 g/mol. The molecule has 1 aromatic carbocycles. The van der Waals surface area contributed by atoms with E-state index < -0.39 is 0 Å². The van der Waals surface area contributed by atoms with Gasteiger partial charge in [-0.05, 0) is 33.0 Å². The van der Waals surface area contributed by atoms with Crippen molar-refractivity contribution in [3.05, 3.63) is 30.3 Å². The molecule has 17 heavy (non-hydrogen) atoms. The fraction of sp³-hybridized carbons (Fsp3) is 0.462. The summed E-state index contributed by atoms with van der Waals surface area (Å²) in [7, 11) is 1.90. The zero-order chi connectivity index (χ0) is 12.9. The standard InChI is InChI=1S/C13H21N3O/c1-13(2,10-14)16(3)9-12(17)15-11-7-5-4-6-8-11/h4-8H,9-10,14H2,1-3H3,(H,15,17). The Labute approximate surface area is 103 Å². The molecule has 0 radical (unpaired) electrons. The maximum Gasteiger partial charge on any atom is 0.238 e. The Morgan fingerprint density at radius 2 is 1.94 bits per heavy atom. The van der Waals surface area contributed by atoms with Gasteiger partial charge in [0, 0.05) is 17.8 Å². The van der Waals surface area contributed by atoms with E-state index in [0.29, 0.717) is 13.1 Å². The number of nitrogens with two attached hydrogens (primary N) is 1. The van der Waals surface area contributed by atoms with Crippen LogP contribution < -0.4 is 11.1 Å². The summed E-state index contributed by atoms with van der Waals surface area (Å²) in [6, 6.07) is 9.43. The SMILES string of the molecule is CN(CC(=O)Nc1ccccc1)C(C)(C)CN. The van der Waals surface area contributed by atoms with Gasteiger partial charge >= 0.3 is 0 Å². The Kier molecular flexibility index (Phi) is 4.66. The first-order chi connectivity index (χ1) is 7.95. The Morgan fingerprint density at radius 1 is 1.35 bits per heavy atom. The summed E-state index contributed by atoms with van der Waals surface area (Å²) in [5, 5.41) is 2.85. The molecule has 4 heteroatoms. The smallest absolute Gasteiger partial charge is 0.238 e. The van der Waals surface area contributed by atoms with Crippen molar-refractivity contribution < 1.29 is 4.79 Å². The molecule has 0 aliphatic carbocycles. The zero-order valence-corrected chi connectivity index (χ0v) is 10.7. The molecule has 0 unspecified atom stereocenters. The van der Waals surface area contributed by atoms with Crippen molar-refractivity contribution in [3.8, 4) is 0 Å². The van der Waals surface area contributed by atoms with Gasteiger partial charge in [-0.25, -0.2) is 0 Å². The molecule has 0 heterocycles. The molecule has 1 aromatic rings. The van der Waals surface area contributed by atoms with Gasteiger partial charge in [0.05, 0.1) is 6.54 Å². The third-order valence-electron chi connectivity index (χ3n) is 2.97. The molecular weight excluding hydrogens is 214 g/mol. The van der Waals surface area contributed by atoms with Gasteiger partial charge in [0.1, 0.15) is 0 Å². The Bertz CT molecular complexity index is 362. The maximum absolute atomic E-state index is 11.8. The molecule has 0 saturated carbocycles. The van der Waals surface area contributed by atoms with E-state index in [2.05, 4.69) is 5.32 Å². The van der Waals surface area contributed by atoms with Crippen molar-refractivity contribution in [2.24, 2.45) is 5.73 Å². The first-order valence-electron chi connectivity index (χ1n) is 5.72. The summed E-state index contributed by atoms with van der Waals surface area (Å²) in [5.74, 6) is -0.0276. The molecule has 0 aliphatic heterocycles. The van der Waals surface area contributed by atoms with Gasteiger partial charge in [0.25, 0.3) is 0 Å². The van der Waals surface area contributed by atoms with E-state index in [9.17, 15) is 4.79 Å². The van der Waals surface area contributed by atoms with Gasteiger partial charge < -0.3 is 11.1 Å². The van der Waals surface area contributed by atoms with Crippen LogP contribution in [0.4, 0.5) is 5.69 Å². The molecule has 1 rings (SSSR count). The molecule has 4 nitrogen and oxygen atoms in total. The van der Waals surface area contributed by atoms with Crippen LogP contribution in [0.3, 0.4) is 0 Å². The summed E-state index contributed by atoms with van der Waals surface area (Å²) < 4.78 is 0. The summed E-state index contributed by atoms with van der Waals surface area (Å²) in [6.45, 7) is 4.88. The van der Waals surface area contributed by atoms with Crippen molar-refractivity contribution >= 4 is 11.6 Å². The minimum absolute atomic E-state index is 0.0276. The lowest BCUT2D eigenvalue weighted by Crippen LogP contribution is -2.49. The topological polar surface area (TPSA) is 58.4 Å². The number of carbonyl (C=O) groups excluding carboxylic acids is 1. The van der Waals surface area contributed by atoms with E-state index >= 15 is 0 Å². The van der Waals surface area contributed by atoms with Crippen LogP contribution in [0.1, 0.15) is 13.8 Å².